The maximum absolute atomic E-state index is 11.2. The van der Waals surface area contributed by atoms with E-state index < -0.39 is 9.28 Å². The summed E-state index contributed by atoms with van der Waals surface area (Å²) in [5.74, 6) is -0.601. The predicted octanol–water partition coefficient (Wildman–Crippen LogP) is 1.91. The predicted molar refractivity (Wildman–Crippen MR) is 59.6 cm³/mol. The van der Waals surface area contributed by atoms with Gasteiger partial charge in [0, 0.05) is 17.9 Å². The van der Waals surface area contributed by atoms with E-state index in [2.05, 4.69) is 0 Å². The molecule has 0 spiro atoms. The lowest BCUT2D eigenvalue weighted by molar-refractivity contribution is -0.140. The summed E-state index contributed by atoms with van der Waals surface area (Å²) in [6, 6.07) is 0. The van der Waals surface area contributed by atoms with Crippen molar-refractivity contribution in [3.63, 3.8) is 0 Å². The standard InChI is InChI=1S/C10H20O4Si/c1-6-8(11)13-15(10(3,4)5)14-9(12)7-2/h15H,6-7H2,1-5H3. The Kier molecular flexibility index (Phi) is 5.57. The minimum atomic E-state index is -2.27. The number of carbonyl (C=O) groups is 2. The molecule has 0 aliphatic heterocycles. The van der Waals surface area contributed by atoms with Crippen LogP contribution in [0.4, 0.5) is 0 Å². The van der Waals surface area contributed by atoms with E-state index in [4.69, 9.17) is 8.85 Å². The molecule has 0 aliphatic rings. The molecular weight excluding hydrogens is 212 g/mol. The summed E-state index contributed by atoms with van der Waals surface area (Å²) in [6.45, 7) is 9.18. The zero-order valence-corrected chi connectivity index (χ0v) is 11.3. The fourth-order valence-corrected chi connectivity index (χ4v) is 2.35. The van der Waals surface area contributed by atoms with Crippen LogP contribution in [0.1, 0.15) is 47.5 Å². The Morgan fingerprint density at radius 1 is 1.00 bits per heavy atom. The third-order valence-electron chi connectivity index (χ3n) is 1.76. The van der Waals surface area contributed by atoms with E-state index in [1.165, 1.54) is 0 Å². The van der Waals surface area contributed by atoms with Gasteiger partial charge in [0.05, 0.1) is 0 Å². The summed E-state index contributed by atoms with van der Waals surface area (Å²) in [4.78, 5) is 22.3. The molecule has 88 valence electrons. The molecule has 0 aliphatic carbocycles. The van der Waals surface area contributed by atoms with Gasteiger partial charge in [-0.15, -0.1) is 0 Å². The summed E-state index contributed by atoms with van der Waals surface area (Å²) in [6.07, 6.45) is 0.618. The van der Waals surface area contributed by atoms with Crippen LogP contribution in [0.15, 0.2) is 0 Å². The lowest BCUT2D eigenvalue weighted by Crippen LogP contribution is -2.37. The van der Waals surface area contributed by atoms with E-state index in [0.717, 1.165) is 0 Å². The first-order valence-corrected chi connectivity index (χ1v) is 6.72. The Morgan fingerprint density at radius 2 is 1.33 bits per heavy atom. The molecule has 0 rings (SSSR count). The van der Waals surface area contributed by atoms with Crippen molar-refractivity contribution < 1.29 is 18.4 Å². The molecule has 0 aromatic carbocycles. The van der Waals surface area contributed by atoms with Crippen LogP contribution in [0, 0.1) is 0 Å². The average molecular weight is 232 g/mol. The lowest BCUT2D eigenvalue weighted by atomic mass is 10.3. The molecule has 5 heteroatoms. The van der Waals surface area contributed by atoms with Crippen molar-refractivity contribution in [2.24, 2.45) is 0 Å². The van der Waals surface area contributed by atoms with Gasteiger partial charge in [-0.1, -0.05) is 34.6 Å². The number of carbonyl (C=O) groups excluding carboxylic acids is 2. The summed E-state index contributed by atoms with van der Waals surface area (Å²) in [5.41, 5.74) is 0. The SMILES string of the molecule is CCC(=O)O[SiH](OC(=O)CC)C(C)(C)C. The summed E-state index contributed by atoms with van der Waals surface area (Å²) >= 11 is 0. The highest BCUT2D eigenvalue weighted by Crippen LogP contribution is 2.28. The van der Waals surface area contributed by atoms with Gasteiger partial charge in [-0.3, -0.25) is 9.59 Å². The Labute approximate surface area is 92.8 Å². The first-order chi connectivity index (χ1) is 6.81. The van der Waals surface area contributed by atoms with Gasteiger partial charge in [0.25, 0.3) is 11.9 Å². The summed E-state index contributed by atoms with van der Waals surface area (Å²) in [5, 5.41) is -0.268. The highest BCUT2D eigenvalue weighted by Gasteiger charge is 2.35. The molecule has 0 amide bonds. The van der Waals surface area contributed by atoms with Gasteiger partial charge >= 0.3 is 9.28 Å². The third kappa shape index (κ3) is 5.56. The summed E-state index contributed by atoms with van der Waals surface area (Å²) in [7, 11) is -2.27. The van der Waals surface area contributed by atoms with Crippen molar-refractivity contribution in [3.05, 3.63) is 0 Å². The van der Waals surface area contributed by atoms with Gasteiger partial charge in [0.15, 0.2) is 0 Å². The monoisotopic (exact) mass is 232 g/mol. The maximum Gasteiger partial charge on any atom is 0.453 e. The topological polar surface area (TPSA) is 52.6 Å². The molecule has 0 radical (unpaired) electrons. The van der Waals surface area contributed by atoms with E-state index in [-0.39, 0.29) is 17.0 Å². The fourth-order valence-electron chi connectivity index (χ4n) is 0.783. The van der Waals surface area contributed by atoms with Crippen molar-refractivity contribution in [3.8, 4) is 0 Å². The fraction of sp³-hybridized carbons (Fsp3) is 0.800. The summed E-state index contributed by atoms with van der Waals surface area (Å²) < 4.78 is 10.4. The molecule has 0 unspecified atom stereocenters. The molecule has 0 aromatic heterocycles. The first kappa shape index (κ1) is 14.2. The minimum absolute atomic E-state index is 0.268. The number of rotatable bonds is 4. The molecule has 0 atom stereocenters. The lowest BCUT2D eigenvalue weighted by Gasteiger charge is -2.26. The van der Waals surface area contributed by atoms with Crippen LogP contribution >= 0.6 is 0 Å². The normalized spacial score (nSPS) is 11.3. The van der Waals surface area contributed by atoms with Crippen LogP contribution in [0.3, 0.4) is 0 Å². The van der Waals surface area contributed by atoms with E-state index >= 15 is 0 Å². The van der Waals surface area contributed by atoms with E-state index in [1.54, 1.807) is 13.8 Å². The van der Waals surface area contributed by atoms with Crippen molar-refractivity contribution in [1.82, 2.24) is 0 Å². The average Bonchev–Trinajstić information content (AvgIpc) is 2.14. The van der Waals surface area contributed by atoms with Gasteiger partial charge in [0.2, 0.25) is 0 Å². The number of hydrogen-bond acceptors (Lipinski definition) is 4. The van der Waals surface area contributed by atoms with E-state index in [1.807, 2.05) is 20.8 Å². The number of hydrogen-bond donors (Lipinski definition) is 0. The van der Waals surface area contributed by atoms with Gasteiger partial charge < -0.3 is 8.85 Å². The smallest absolute Gasteiger partial charge is 0.453 e. The zero-order chi connectivity index (χ0) is 12.1. The molecule has 4 nitrogen and oxygen atoms in total. The largest absolute Gasteiger partial charge is 0.487 e. The van der Waals surface area contributed by atoms with E-state index in [9.17, 15) is 9.59 Å². The van der Waals surface area contributed by atoms with Crippen molar-refractivity contribution in [2.45, 2.75) is 52.5 Å². The van der Waals surface area contributed by atoms with Gasteiger partial charge in [-0.25, -0.2) is 0 Å². The Morgan fingerprint density at radius 3 is 1.53 bits per heavy atom. The molecular formula is C10H20O4Si. The molecule has 0 saturated heterocycles. The third-order valence-corrected chi connectivity index (χ3v) is 4.13. The molecule has 0 aromatic rings. The van der Waals surface area contributed by atoms with Crippen LogP contribution in [-0.2, 0) is 18.4 Å². The molecule has 0 heterocycles. The van der Waals surface area contributed by atoms with Crippen molar-refractivity contribution in [1.29, 1.82) is 0 Å². The second kappa shape index (κ2) is 5.90. The first-order valence-electron chi connectivity index (χ1n) is 5.20. The van der Waals surface area contributed by atoms with Crippen LogP contribution in [0.2, 0.25) is 5.04 Å². The van der Waals surface area contributed by atoms with Gasteiger partial charge in [0.1, 0.15) is 0 Å². The van der Waals surface area contributed by atoms with Crippen LogP contribution < -0.4 is 0 Å². The van der Waals surface area contributed by atoms with Crippen LogP contribution in [0.25, 0.3) is 0 Å². The van der Waals surface area contributed by atoms with E-state index in [0.29, 0.717) is 12.8 Å². The highest BCUT2D eigenvalue weighted by atomic mass is 28.3. The molecule has 15 heavy (non-hydrogen) atoms. The second-order valence-corrected chi connectivity index (χ2v) is 7.25. The van der Waals surface area contributed by atoms with Gasteiger partial charge in [-0.05, 0) is 0 Å². The van der Waals surface area contributed by atoms with Crippen molar-refractivity contribution in [2.75, 3.05) is 0 Å². The van der Waals surface area contributed by atoms with Crippen LogP contribution in [-0.4, -0.2) is 21.2 Å². The molecule has 0 bridgehead atoms. The molecule has 0 N–H and O–H groups in total. The zero-order valence-electron chi connectivity index (χ0n) is 10.1. The quantitative estimate of drug-likeness (QED) is 0.695. The maximum atomic E-state index is 11.2. The Balaban J connectivity index is 4.46. The minimum Gasteiger partial charge on any atom is -0.487 e. The van der Waals surface area contributed by atoms with Crippen molar-refractivity contribution >= 4 is 21.2 Å². The Bertz CT molecular complexity index is 214. The van der Waals surface area contributed by atoms with Crippen LogP contribution in [0.5, 0.6) is 0 Å². The molecule has 0 saturated carbocycles. The molecule has 0 fully saturated rings. The Hall–Kier alpha value is -0.843. The van der Waals surface area contributed by atoms with Gasteiger partial charge in [-0.2, -0.15) is 0 Å². The second-order valence-electron chi connectivity index (χ2n) is 4.38. The highest BCUT2D eigenvalue weighted by molar-refractivity contribution is 6.52.